The molecule has 0 fully saturated rings. The molecule has 0 aliphatic heterocycles. The van der Waals surface area contributed by atoms with E-state index in [0.717, 1.165) is 49.2 Å². The molecule has 0 N–H and O–H groups in total. The van der Waals surface area contributed by atoms with Crippen LogP contribution in [0.15, 0.2) is 30.3 Å². The van der Waals surface area contributed by atoms with E-state index >= 15 is 0 Å². The van der Waals surface area contributed by atoms with Crippen LogP contribution in [0.4, 0.5) is 0 Å². The lowest BCUT2D eigenvalue weighted by atomic mass is 10.1. The Balaban J connectivity index is 2.36. The highest BCUT2D eigenvalue weighted by atomic mass is 31.0. The average molecular weight is 302 g/mol. The molecule has 21 heavy (non-hydrogen) atoms. The van der Waals surface area contributed by atoms with Gasteiger partial charge in [0.2, 0.25) is 5.88 Å². The molecule has 0 aliphatic rings. The quantitative estimate of drug-likeness (QED) is 0.721. The molecule has 0 radical (unpaired) electrons. The summed E-state index contributed by atoms with van der Waals surface area (Å²) in [6.45, 7) is 4.34. The number of rotatable bonds is 7. The molecule has 3 nitrogen and oxygen atoms in total. The van der Waals surface area contributed by atoms with Crippen LogP contribution in [-0.2, 0) is 19.3 Å². The fraction of sp³-hybridized carbons (Fsp3) is 0.412. The molecule has 1 unspecified atom stereocenters. The molecule has 1 atom stereocenters. The summed E-state index contributed by atoms with van der Waals surface area (Å²) < 4.78 is 5.43. The minimum Gasteiger partial charge on any atom is -0.463 e. The van der Waals surface area contributed by atoms with Crippen molar-refractivity contribution in [1.82, 2.24) is 9.97 Å². The van der Waals surface area contributed by atoms with Gasteiger partial charge in [0.05, 0.1) is 15.2 Å². The highest BCUT2D eigenvalue weighted by Crippen LogP contribution is 2.24. The fourth-order valence-corrected chi connectivity index (χ4v) is 2.65. The molecule has 0 aliphatic carbocycles. The minimum absolute atomic E-state index is 0.714. The third kappa shape index (κ3) is 4.25. The van der Waals surface area contributed by atoms with Crippen LogP contribution in [0.5, 0.6) is 5.88 Å². The molecule has 0 saturated carbocycles. The van der Waals surface area contributed by atoms with Gasteiger partial charge in [-0.3, -0.25) is 0 Å². The molecular weight excluding hydrogens is 279 g/mol. The second-order valence-corrected chi connectivity index (χ2v) is 5.39. The number of hydrogen-bond donors (Lipinski definition) is 0. The summed E-state index contributed by atoms with van der Waals surface area (Å²) in [4.78, 5) is 9.38. The Morgan fingerprint density at radius 1 is 1.00 bits per heavy atom. The lowest BCUT2D eigenvalue weighted by molar-refractivity contribution is 0.584. The Hall–Kier alpha value is -1.47. The van der Waals surface area contributed by atoms with Crippen molar-refractivity contribution in [2.24, 2.45) is 0 Å². The molecular formula is C17H23N2OP. The van der Waals surface area contributed by atoms with Gasteiger partial charge < -0.3 is 4.52 Å². The molecule has 1 aromatic carbocycles. The highest BCUT2D eigenvalue weighted by Gasteiger charge is 2.14. The van der Waals surface area contributed by atoms with Crippen LogP contribution < -0.4 is 4.52 Å². The van der Waals surface area contributed by atoms with E-state index in [0.29, 0.717) is 5.88 Å². The van der Waals surface area contributed by atoms with Crippen molar-refractivity contribution in [1.29, 1.82) is 0 Å². The molecule has 0 bridgehead atoms. The maximum absolute atomic E-state index is 5.43. The Labute approximate surface area is 129 Å². The van der Waals surface area contributed by atoms with Crippen molar-refractivity contribution in [2.75, 3.05) is 0 Å². The van der Waals surface area contributed by atoms with Gasteiger partial charge in [0.15, 0.2) is 0 Å². The molecule has 0 saturated heterocycles. The zero-order valence-electron chi connectivity index (χ0n) is 12.8. The number of nitrogens with zero attached hydrogens (tertiary/aromatic N) is 2. The van der Waals surface area contributed by atoms with Gasteiger partial charge in [-0.05, 0) is 18.4 Å². The first-order valence-electron chi connectivity index (χ1n) is 7.57. The molecule has 1 heterocycles. The third-order valence-corrected chi connectivity index (χ3v) is 3.63. The number of aromatic nitrogens is 2. The van der Waals surface area contributed by atoms with E-state index in [9.17, 15) is 0 Å². The first kappa shape index (κ1) is 15.9. The lowest BCUT2D eigenvalue weighted by Gasteiger charge is -2.13. The van der Waals surface area contributed by atoms with Crippen molar-refractivity contribution in [3.05, 3.63) is 53.0 Å². The van der Waals surface area contributed by atoms with Gasteiger partial charge in [-0.2, -0.15) is 4.98 Å². The van der Waals surface area contributed by atoms with Gasteiger partial charge in [0.1, 0.15) is 5.82 Å². The summed E-state index contributed by atoms with van der Waals surface area (Å²) in [5.41, 5.74) is 3.52. The second-order valence-electron chi connectivity index (χ2n) is 5.15. The van der Waals surface area contributed by atoms with Crippen LogP contribution in [0.2, 0.25) is 0 Å². The summed E-state index contributed by atoms with van der Waals surface area (Å²) in [5, 5.41) is 0. The third-order valence-electron chi connectivity index (χ3n) is 3.40. The van der Waals surface area contributed by atoms with E-state index in [2.05, 4.69) is 40.4 Å². The van der Waals surface area contributed by atoms with Crippen LogP contribution in [-0.4, -0.2) is 9.97 Å². The SMILES string of the molecule is CCCc1nc(Cc2ccccc2)nc(OP)c1CCC. The van der Waals surface area contributed by atoms with Gasteiger partial charge in [-0.1, -0.05) is 57.0 Å². The van der Waals surface area contributed by atoms with Gasteiger partial charge in [0.25, 0.3) is 0 Å². The molecule has 1 aromatic heterocycles. The fourth-order valence-electron chi connectivity index (χ4n) is 2.46. The molecule has 2 rings (SSSR count). The molecule has 0 spiro atoms. The lowest BCUT2D eigenvalue weighted by Crippen LogP contribution is -2.07. The van der Waals surface area contributed by atoms with Gasteiger partial charge in [-0.15, -0.1) is 0 Å². The van der Waals surface area contributed by atoms with Crippen molar-refractivity contribution in [3.8, 4) is 5.88 Å². The second kappa shape index (κ2) is 8.09. The molecule has 4 heteroatoms. The van der Waals surface area contributed by atoms with Crippen molar-refractivity contribution in [2.45, 2.75) is 46.0 Å². The van der Waals surface area contributed by atoms with Crippen molar-refractivity contribution < 1.29 is 4.52 Å². The Kier molecular flexibility index (Phi) is 6.13. The van der Waals surface area contributed by atoms with E-state index in [1.807, 2.05) is 18.2 Å². The Morgan fingerprint density at radius 3 is 2.33 bits per heavy atom. The summed E-state index contributed by atoms with van der Waals surface area (Å²) in [6.07, 6.45) is 4.82. The van der Waals surface area contributed by atoms with Crippen LogP contribution in [0.25, 0.3) is 0 Å². The summed E-state index contributed by atoms with van der Waals surface area (Å²) >= 11 is 0. The van der Waals surface area contributed by atoms with Crippen molar-refractivity contribution in [3.63, 3.8) is 0 Å². The first-order chi connectivity index (χ1) is 10.3. The summed E-state index contributed by atoms with van der Waals surface area (Å²) in [5.74, 6) is 1.55. The number of hydrogen-bond acceptors (Lipinski definition) is 3. The summed E-state index contributed by atoms with van der Waals surface area (Å²) in [6, 6.07) is 10.3. The first-order valence-corrected chi connectivity index (χ1v) is 8.04. The normalized spacial score (nSPS) is 10.6. The summed E-state index contributed by atoms with van der Waals surface area (Å²) in [7, 11) is 2.32. The zero-order chi connectivity index (χ0) is 15.1. The molecule has 2 aromatic rings. The minimum atomic E-state index is 0.714. The standard InChI is InChI=1S/C17H23N2OP/c1-3-8-14-15(9-4-2)18-16(19-17(14)20-21)12-13-10-6-5-7-11-13/h5-7,10-11H,3-4,8-9,12,21H2,1-2H3. The molecule has 0 amide bonds. The van der Waals surface area contributed by atoms with Gasteiger partial charge >= 0.3 is 0 Å². The molecule has 112 valence electrons. The van der Waals surface area contributed by atoms with E-state index in [1.54, 1.807) is 0 Å². The highest BCUT2D eigenvalue weighted by molar-refractivity contribution is 7.10. The average Bonchev–Trinajstić information content (AvgIpc) is 2.51. The van der Waals surface area contributed by atoms with Crippen LogP contribution in [0.3, 0.4) is 0 Å². The maximum Gasteiger partial charge on any atom is 0.222 e. The largest absolute Gasteiger partial charge is 0.463 e. The van der Waals surface area contributed by atoms with E-state index in [4.69, 9.17) is 9.51 Å². The zero-order valence-corrected chi connectivity index (χ0v) is 14.0. The predicted molar refractivity (Wildman–Crippen MR) is 89.6 cm³/mol. The van der Waals surface area contributed by atoms with Crippen LogP contribution in [0, 0.1) is 0 Å². The smallest absolute Gasteiger partial charge is 0.222 e. The Bertz CT molecular complexity index is 573. The van der Waals surface area contributed by atoms with Crippen LogP contribution >= 0.6 is 9.47 Å². The van der Waals surface area contributed by atoms with Gasteiger partial charge in [0, 0.05) is 12.0 Å². The monoisotopic (exact) mass is 302 g/mol. The van der Waals surface area contributed by atoms with E-state index in [-0.39, 0.29) is 0 Å². The van der Waals surface area contributed by atoms with Crippen molar-refractivity contribution >= 4 is 9.47 Å². The number of benzene rings is 1. The van der Waals surface area contributed by atoms with Crippen LogP contribution in [0.1, 0.15) is 49.3 Å². The Morgan fingerprint density at radius 2 is 1.71 bits per heavy atom. The topological polar surface area (TPSA) is 35.0 Å². The number of aryl methyl sites for hydroxylation is 1. The van der Waals surface area contributed by atoms with E-state index < -0.39 is 0 Å². The van der Waals surface area contributed by atoms with Gasteiger partial charge in [-0.25, -0.2) is 4.98 Å². The predicted octanol–water partition coefficient (Wildman–Crippen LogP) is 4.14. The van der Waals surface area contributed by atoms with E-state index in [1.165, 1.54) is 5.56 Å². The maximum atomic E-state index is 5.43.